The highest BCUT2D eigenvalue weighted by atomic mass is 16.5. The number of rotatable bonds is 2. The summed E-state index contributed by atoms with van der Waals surface area (Å²) in [5, 5.41) is 18.9. The SMILES string of the molecule is Nc1nc2c(nc(O)n2[C@H]2CC[C@@H](CO)O2)c(=O)[nH]1. The monoisotopic (exact) mass is 267 g/mol. The first-order valence-electron chi connectivity index (χ1n) is 5.83. The Morgan fingerprint density at radius 3 is 2.95 bits per heavy atom. The van der Waals surface area contributed by atoms with Crippen LogP contribution in [0, 0.1) is 0 Å². The zero-order valence-electron chi connectivity index (χ0n) is 9.91. The van der Waals surface area contributed by atoms with Gasteiger partial charge in [0, 0.05) is 0 Å². The number of nitrogens with one attached hydrogen (secondary N) is 1. The van der Waals surface area contributed by atoms with Crippen molar-refractivity contribution in [3.05, 3.63) is 10.4 Å². The Kier molecular flexibility index (Phi) is 2.64. The number of anilines is 1. The predicted molar refractivity (Wildman–Crippen MR) is 64.5 cm³/mol. The third-order valence-electron chi connectivity index (χ3n) is 3.13. The zero-order valence-corrected chi connectivity index (χ0v) is 9.91. The molecule has 0 unspecified atom stereocenters. The average Bonchev–Trinajstić information content (AvgIpc) is 2.93. The highest BCUT2D eigenvalue weighted by molar-refractivity contribution is 5.72. The van der Waals surface area contributed by atoms with Gasteiger partial charge in [0.2, 0.25) is 5.95 Å². The van der Waals surface area contributed by atoms with Crippen LogP contribution in [0.2, 0.25) is 0 Å². The Morgan fingerprint density at radius 1 is 1.47 bits per heavy atom. The van der Waals surface area contributed by atoms with Gasteiger partial charge in [0.1, 0.15) is 6.23 Å². The number of aliphatic hydroxyl groups is 1. The lowest BCUT2D eigenvalue weighted by molar-refractivity contribution is -0.0235. The van der Waals surface area contributed by atoms with Crippen molar-refractivity contribution in [3.63, 3.8) is 0 Å². The van der Waals surface area contributed by atoms with Crippen molar-refractivity contribution in [2.45, 2.75) is 25.2 Å². The first kappa shape index (κ1) is 11.9. The second-order valence-electron chi connectivity index (χ2n) is 4.38. The van der Waals surface area contributed by atoms with Gasteiger partial charge in [0.25, 0.3) is 11.6 Å². The Bertz CT molecular complexity index is 678. The van der Waals surface area contributed by atoms with Crippen LogP contribution in [0.25, 0.3) is 11.2 Å². The fourth-order valence-corrected chi connectivity index (χ4v) is 2.27. The van der Waals surface area contributed by atoms with Crippen LogP contribution in [0.3, 0.4) is 0 Å². The maximum atomic E-state index is 11.7. The van der Waals surface area contributed by atoms with E-state index in [0.29, 0.717) is 12.8 Å². The topological polar surface area (TPSA) is 139 Å². The third-order valence-corrected chi connectivity index (χ3v) is 3.13. The average molecular weight is 267 g/mol. The third kappa shape index (κ3) is 1.83. The summed E-state index contributed by atoms with van der Waals surface area (Å²) < 4.78 is 6.86. The number of aromatic nitrogens is 4. The van der Waals surface area contributed by atoms with Gasteiger partial charge in [-0.1, -0.05) is 0 Å². The second-order valence-corrected chi connectivity index (χ2v) is 4.38. The molecular weight excluding hydrogens is 254 g/mol. The van der Waals surface area contributed by atoms with Gasteiger partial charge in [0.15, 0.2) is 11.2 Å². The number of aromatic hydroxyl groups is 1. The molecule has 0 aromatic carbocycles. The van der Waals surface area contributed by atoms with E-state index in [4.69, 9.17) is 15.6 Å². The van der Waals surface area contributed by atoms with Crippen LogP contribution in [0.15, 0.2) is 4.79 Å². The molecule has 1 aliphatic heterocycles. The molecule has 1 aliphatic rings. The minimum absolute atomic E-state index is 0.00254. The summed E-state index contributed by atoms with van der Waals surface area (Å²) in [6, 6.07) is -0.359. The van der Waals surface area contributed by atoms with Gasteiger partial charge in [-0.3, -0.25) is 14.3 Å². The fraction of sp³-hybridized carbons (Fsp3) is 0.500. The van der Waals surface area contributed by atoms with E-state index < -0.39 is 11.8 Å². The van der Waals surface area contributed by atoms with Crippen LogP contribution in [0.4, 0.5) is 5.95 Å². The predicted octanol–water partition coefficient (Wildman–Crippen LogP) is -0.923. The normalized spacial score (nSPS) is 23.2. The van der Waals surface area contributed by atoms with Crippen molar-refractivity contribution in [3.8, 4) is 6.01 Å². The van der Waals surface area contributed by atoms with Gasteiger partial charge in [0.05, 0.1) is 12.7 Å². The quantitative estimate of drug-likeness (QED) is 0.551. The number of hydrogen-bond donors (Lipinski definition) is 4. The minimum atomic E-state index is -0.520. The second kappa shape index (κ2) is 4.21. The molecule has 9 heteroatoms. The van der Waals surface area contributed by atoms with E-state index in [2.05, 4.69) is 15.0 Å². The van der Waals surface area contributed by atoms with Crippen molar-refractivity contribution in [2.24, 2.45) is 0 Å². The molecule has 2 aromatic heterocycles. The molecule has 1 fully saturated rings. The first-order valence-corrected chi connectivity index (χ1v) is 5.83. The van der Waals surface area contributed by atoms with E-state index in [0.717, 1.165) is 0 Å². The molecule has 2 atom stereocenters. The summed E-state index contributed by atoms with van der Waals surface area (Å²) >= 11 is 0. The molecule has 3 rings (SSSR count). The molecule has 0 aliphatic carbocycles. The minimum Gasteiger partial charge on any atom is -0.480 e. The first-order chi connectivity index (χ1) is 9.10. The van der Waals surface area contributed by atoms with Crippen molar-refractivity contribution < 1.29 is 14.9 Å². The number of imidazole rings is 1. The van der Waals surface area contributed by atoms with Crippen LogP contribution in [-0.2, 0) is 4.74 Å². The highest BCUT2D eigenvalue weighted by Gasteiger charge is 2.30. The lowest BCUT2D eigenvalue weighted by Gasteiger charge is -2.14. The number of ether oxygens (including phenoxy) is 1. The van der Waals surface area contributed by atoms with Crippen molar-refractivity contribution in [1.82, 2.24) is 19.5 Å². The van der Waals surface area contributed by atoms with Gasteiger partial charge in [-0.2, -0.15) is 9.97 Å². The van der Waals surface area contributed by atoms with Crippen molar-refractivity contribution in [2.75, 3.05) is 12.3 Å². The molecule has 1 saturated heterocycles. The molecule has 0 bridgehead atoms. The van der Waals surface area contributed by atoms with E-state index >= 15 is 0 Å². The molecule has 5 N–H and O–H groups in total. The molecule has 0 radical (unpaired) electrons. The van der Waals surface area contributed by atoms with Crippen molar-refractivity contribution >= 4 is 17.1 Å². The number of nitrogens with zero attached hydrogens (tertiary/aromatic N) is 3. The molecule has 102 valence electrons. The van der Waals surface area contributed by atoms with E-state index in [-0.39, 0.29) is 35.8 Å². The van der Waals surface area contributed by atoms with E-state index in [1.54, 1.807) is 0 Å². The van der Waals surface area contributed by atoms with Crippen LogP contribution in [0.1, 0.15) is 19.1 Å². The number of fused-ring (bicyclic) bond motifs is 1. The standard InChI is InChI=1S/C10H13N5O4/c11-9-13-7-6(8(17)14-9)12-10(18)15(7)5-2-1-4(3-16)19-5/h4-5,16H,1-3H2,(H,12,18)(H3,11,13,14,17)/t4-,5+/m0/s1. The Balaban J connectivity index is 2.13. The zero-order chi connectivity index (χ0) is 13.6. The van der Waals surface area contributed by atoms with Crippen LogP contribution in [0.5, 0.6) is 6.01 Å². The number of H-pyrrole nitrogens is 1. The van der Waals surface area contributed by atoms with Gasteiger partial charge in [-0.15, -0.1) is 0 Å². The van der Waals surface area contributed by atoms with E-state index in [9.17, 15) is 9.90 Å². The molecule has 0 spiro atoms. The molecule has 9 nitrogen and oxygen atoms in total. The summed E-state index contributed by atoms with van der Waals surface area (Å²) in [5.41, 5.74) is 5.14. The lowest BCUT2D eigenvalue weighted by atomic mass is 10.2. The van der Waals surface area contributed by atoms with Crippen molar-refractivity contribution in [1.29, 1.82) is 0 Å². The smallest absolute Gasteiger partial charge is 0.298 e. The summed E-state index contributed by atoms with van der Waals surface area (Å²) in [4.78, 5) is 21.7. The van der Waals surface area contributed by atoms with Crippen LogP contribution < -0.4 is 11.3 Å². The number of aromatic amines is 1. The van der Waals surface area contributed by atoms with E-state index in [1.807, 2.05) is 0 Å². The van der Waals surface area contributed by atoms with Gasteiger partial charge >= 0.3 is 0 Å². The Morgan fingerprint density at radius 2 is 2.26 bits per heavy atom. The number of hydrogen-bond acceptors (Lipinski definition) is 7. The van der Waals surface area contributed by atoms with Crippen LogP contribution in [-0.4, -0.2) is 42.4 Å². The molecule has 19 heavy (non-hydrogen) atoms. The summed E-state index contributed by atoms with van der Waals surface area (Å²) in [6.45, 7) is -0.0972. The lowest BCUT2D eigenvalue weighted by Crippen LogP contribution is -2.16. The van der Waals surface area contributed by atoms with Gasteiger partial charge < -0.3 is 20.7 Å². The van der Waals surface area contributed by atoms with Crippen LogP contribution >= 0.6 is 0 Å². The van der Waals surface area contributed by atoms with Gasteiger partial charge in [-0.05, 0) is 12.8 Å². The number of aliphatic hydroxyl groups excluding tert-OH is 1. The molecule has 2 aromatic rings. The molecule has 0 amide bonds. The molecular formula is C10H13N5O4. The number of nitrogen functional groups attached to an aromatic ring is 1. The van der Waals surface area contributed by atoms with E-state index in [1.165, 1.54) is 4.57 Å². The van der Waals surface area contributed by atoms with Gasteiger partial charge in [-0.25, -0.2) is 0 Å². The Hall–Kier alpha value is -2.13. The molecule has 0 saturated carbocycles. The highest BCUT2D eigenvalue weighted by Crippen LogP contribution is 2.33. The summed E-state index contributed by atoms with van der Waals surface area (Å²) in [5.74, 6) is -0.0599. The largest absolute Gasteiger partial charge is 0.480 e. The Labute approximate surface area is 106 Å². The molecule has 3 heterocycles. The maximum absolute atomic E-state index is 11.7. The number of nitrogens with two attached hydrogens (primary N) is 1. The fourth-order valence-electron chi connectivity index (χ4n) is 2.27. The maximum Gasteiger partial charge on any atom is 0.298 e. The summed E-state index contributed by atoms with van der Waals surface area (Å²) in [6.07, 6.45) is 0.425. The summed E-state index contributed by atoms with van der Waals surface area (Å²) in [7, 11) is 0.